The Morgan fingerprint density at radius 1 is 0.882 bits per heavy atom. The molecular formula is C14H30N2S. The van der Waals surface area contributed by atoms with Crippen molar-refractivity contribution in [3.8, 4) is 0 Å². The number of hydrogen-bond donors (Lipinski definition) is 0. The summed E-state index contributed by atoms with van der Waals surface area (Å²) in [5.74, 6) is 0. The average Bonchev–Trinajstić information content (AvgIpc) is 2.27. The van der Waals surface area contributed by atoms with Gasteiger partial charge in [0, 0.05) is 25.2 Å². The van der Waals surface area contributed by atoms with Crippen molar-refractivity contribution in [2.45, 2.75) is 53.6 Å². The van der Waals surface area contributed by atoms with Crippen molar-refractivity contribution in [3.05, 3.63) is 24.0 Å². The summed E-state index contributed by atoms with van der Waals surface area (Å²) < 4.78 is 5.02. The SMILES string of the molecule is C=CS(C=C)(N(CC)C(C)C)N(CC)C(C)C. The summed E-state index contributed by atoms with van der Waals surface area (Å²) in [7, 11) is -1.26. The lowest BCUT2D eigenvalue weighted by Gasteiger charge is -2.54. The van der Waals surface area contributed by atoms with Crippen molar-refractivity contribution in [1.29, 1.82) is 0 Å². The molecule has 0 aromatic heterocycles. The molecule has 0 spiro atoms. The fourth-order valence-electron chi connectivity index (χ4n) is 2.41. The van der Waals surface area contributed by atoms with Gasteiger partial charge < -0.3 is 0 Å². The molecule has 0 radical (unpaired) electrons. The maximum absolute atomic E-state index is 4.09. The zero-order valence-electron chi connectivity index (χ0n) is 12.4. The molecule has 0 fully saturated rings. The minimum atomic E-state index is -1.26. The first-order chi connectivity index (χ1) is 7.91. The topological polar surface area (TPSA) is 6.48 Å². The van der Waals surface area contributed by atoms with E-state index in [1.54, 1.807) is 0 Å². The molecule has 0 unspecified atom stereocenters. The fourth-order valence-corrected chi connectivity index (χ4v) is 5.75. The lowest BCUT2D eigenvalue weighted by atomic mass is 10.4. The van der Waals surface area contributed by atoms with Crippen molar-refractivity contribution in [2.24, 2.45) is 0 Å². The van der Waals surface area contributed by atoms with E-state index in [-0.39, 0.29) is 0 Å². The molecule has 0 saturated heterocycles. The van der Waals surface area contributed by atoms with Crippen LogP contribution >= 0.6 is 10.4 Å². The highest BCUT2D eigenvalue weighted by Gasteiger charge is 2.33. The molecule has 0 aliphatic heterocycles. The summed E-state index contributed by atoms with van der Waals surface area (Å²) in [5.41, 5.74) is 0. The Kier molecular flexibility index (Phi) is 7.14. The van der Waals surface area contributed by atoms with E-state index in [1.165, 1.54) is 0 Å². The van der Waals surface area contributed by atoms with Gasteiger partial charge in [-0.2, -0.15) is 0 Å². The van der Waals surface area contributed by atoms with Gasteiger partial charge in [0.05, 0.1) is 0 Å². The van der Waals surface area contributed by atoms with Gasteiger partial charge in [0.25, 0.3) is 0 Å². The van der Waals surface area contributed by atoms with Gasteiger partial charge >= 0.3 is 0 Å². The summed E-state index contributed by atoms with van der Waals surface area (Å²) >= 11 is 0. The van der Waals surface area contributed by atoms with E-state index in [0.29, 0.717) is 12.1 Å². The monoisotopic (exact) mass is 258 g/mol. The number of hydrogen-bond acceptors (Lipinski definition) is 2. The highest BCUT2D eigenvalue weighted by Crippen LogP contribution is 2.58. The van der Waals surface area contributed by atoms with E-state index < -0.39 is 10.4 Å². The molecule has 0 aromatic rings. The third-order valence-corrected chi connectivity index (χ3v) is 6.86. The maximum atomic E-state index is 4.09. The van der Waals surface area contributed by atoms with Crippen LogP contribution in [0.4, 0.5) is 0 Å². The molecule has 3 heteroatoms. The van der Waals surface area contributed by atoms with Gasteiger partial charge in [0.2, 0.25) is 0 Å². The minimum absolute atomic E-state index is 0.499. The first-order valence-corrected chi connectivity index (χ1v) is 8.20. The minimum Gasteiger partial charge on any atom is -0.247 e. The smallest absolute Gasteiger partial charge is 0.0147 e. The Hall–Kier alpha value is -0.250. The van der Waals surface area contributed by atoms with Crippen LogP contribution in [0.2, 0.25) is 0 Å². The van der Waals surface area contributed by atoms with Gasteiger partial charge in [0.1, 0.15) is 0 Å². The van der Waals surface area contributed by atoms with Crippen LogP contribution in [0.15, 0.2) is 24.0 Å². The Labute approximate surface area is 110 Å². The van der Waals surface area contributed by atoms with Crippen LogP contribution < -0.4 is 0 Å². The Morgan fingerprint density at radius 3 is 1.29 bits per heavy atom. The first kappa shape index (κ1) is 16.8. The second-order valence-corrected chi connectivity index (χ2v) is 7.51. The van der Waals surface area contributed by atoms with Crippen LogP contribution in [-0.2, 0) is 0 Å². The molecule has 0 saturated carbocycles. The summed E-state index contributed by atoms with van der Waals surface area (Å²) in [6.07, 6.45) is 0. The summed E-state index contributed by atoms with van der Waals surface area (Å²) in [6, 6.07) is 0.998. The second-order valence-electron chi connectivity index (χ2n) is 4.63. The number of rotatable bonds is 8. The van der Waals surface area contributed by atoms with Crippen molar-refractivity contribution < 1.29 is 0 Å². The zero-order valence-corrected chi connectivity index (χ0v) is 13.3. The molecule has 102 valence electrons. The molecule has 0 bridgehead atoms. The average molecular weight is 258 g/mol. The predicted molar refractivity (Wildman–Crippen MR) is 83.0 cm³/mol. The van der Waals surface area contributed by atoms with E-state index in [9.17, 15) is 0 Å². The maximum Gasteiger partial charge on any atom is 0.0147 e. The molecule has 0 aromatic carbocycles. The molecule has 0 aliphatic carbocycles. The zero-order chi connectivity index (χ0) is 13.6. The van der Waals surface area contributed by atoms with Crippen molar-refractivity contribution in [3.63, 3.8) is 0 Å². The molecule has 0 rings (SSSR count). The fraction of sp³-hybridized carbons (Fsp3) is 0.714. The van der Waals surface area contributed by atoms with Gasteiger partial charge in [-0.15, -0.1) is 0 Å². The van der Waals surface area contributed by atoms with Crippen molar-refractivity contribution >= 4 is 10.4 Å². The normalized spacial score (nSPS) is 13.8. The van der Waals surface area contributed by atoms with Gasteiger partial charge in [-0.05, 0) is 38.5 Å². The summed E-state index contributed by atoms with van der Waals surface area (Å²) in [5, 5.41) is 4.21. The van der Waals surface area contributed by atoms with Crippen LogP contribution in [0, 0.1) is 0 Å². The Balaban J connectivity index is 5.53. The van der Waals surface area contributed by atoms with Crippen LogP contribution in [-0.4, -0.2) is 33.8 Å². The van der Waals surface area contributed by atoms with Gasteiger partial charge in [-0.25, -0.2) is 8.61 Å². The molecule has 0 atom stereocenters. The largest absolute Gasteiger partial charge is 0.247 e. The molecule has 0 aliphatic rings. The van der Waals surface area contributed by atoms with Gasteiger partial charge in [-0.3, -0.25) is 0 Å². The molecule has 0 heterocycles. The molecule has 2 nitrogen and oxygen atoms in total. The van der Waals surface area contributed by atoms with E-state index in [4.69, 9.17) is 0 Å². The van der Waals surface area contributed by atoms with Crippen LogP contribution in [0.3, 0.4) is 0 Å². The summed E-state index contributed by atoms with van der Waals surface area (Å²) in [6.45, 7) is 23.6. The van der Waals surface area contributed by atoms with E-state index in [0.717, 1.165) is 13.1 Å². The Morgan fingerprint density at radius 2 is 1.18 bits per heavy atom. The summed E-state index contributed by atoms with van der Waals surface area (Å²) in [4.78, 5) is 0. The molecular weight excluding hydrogens is 228 g/mol. The van der Waals surface area contributed by atoms with Crippen molar-refractivity contribution in [1.82, 2.24) is 8.61 Å². The Bertz CT molecular complexity index is 223. The van der Waals surface area contributed by atoms with E-state index >= 15 is 0 Å². The quantitative estimate of drug-likeness (QED) is 0.638. The van der Waals surface area contributed by atoms with Gasteiger partial charge in [0.15, 0.2) is 0 Å². The molecule has 0 amide bonds. The molecule has 17 heavy (non-hydrogen) atoms. The lowest BCUT2D eigenvalue weighted by molar-refractivity contribution is 0.342. The predicted octanol–water partition coefficient (Wildman–Crippen LogP) is 4.37. The standard InChI is InChI=1S/C14H30N2S/c1-9-15(13(5)6)17(11-3,12-4)16(10-2)14(7)8/h11-14H,3-4,9-10H2,1-2,5-8H3. The second kappa shape index (κ2) is 7.24. The lowest BCUT2D eigenvalue weighted by Crippen LogP contribution is -2.43. The highest BCUT2D eigenvalue weighted by atomic mass is 32.3. The van der Waals surface area contributed by atoms with Crippen LogP contribution in [0.25, 0.3) is 0 Å². The third-order valence-electron chi connectivity index (χ3n) is 3.02. The van der Waals surface area contributed by atoms with E-state index in [2.05, 4.69) is 74.1 Å². The van der Waals surface area contributed by atoms with Crippen molar-refractivity contribution in [2.75, 3.05) is 13.1 Å². The van der Waals surface area contributed by atoms with Crippen LogP contribution in [0.5, 0.6) is 0 Å². The van der Waals surface area contributed by atoms with Gasteiger partial charge in [-0.1, -0.05) is 37.4 Å². The number of nitrogens with zero attached hydrogens (tertiary/aromatic N) is 2. The molecule has 0 N–H and O–H groups in total. The highest BCUT2D eigenvalue weighted by molar-refractivity contribution is 8.34. The van der Waals surface area contributed by atoms with Crippen LogP contribution in [0.1, 0.15) is 41.5 Å². The first-order valence-electron chi connectivity index (χ1n) is 6.53. The van der Waals surface area contributed by atoms with E-state index in [1.807, 2.05) is 0 Å². The third kappa shape index (κ3) is 3.36.